The van der Waals surface area contributed by atoms with Crippen molar-refractivity contribution in [3.8, 4) is 0 Å². The van der Waals surface area contributed by atoms with Gasteiger partial charge in [-0.3, -0.25) is 9.58 Å². The molecular formula is C15H26ClN3O. The van der Waals surface area contributed by atoms with Crippen molar-refractivity contribution in [2.45, 2.75) is 65.1 Å². The van der Waals surface area contributed by atoms with Crippen LogP contribution in [-0.2, 0) is 19.5 Å². The first-order valence-electron chi connectivity index (χ1n) is 7.80. The molecule has 4 nitrogen and oxygen atoms in total. The van der Waals surface area contributed by atoms with Gasteiger partial charge in [0.1, 0.15) is 0 Å². The van der Waals surface area contributed by atoms with Gasteiger partial charge in [0.05, 0.1) is 16.4 Å². The molecule has 114 valence electrons. The lowest BCUT2D eigenvalue weighted by molar-refractivity contribution is 0.109. The van der Waals surface area contributed by atoms with Gasteiger partial charge in [-0.1, -0.05) is 24.9 Å². The molecule has 0 saturated carbocycles. The molecule has 1 unspecified atom stereocenters. The second kappa shape index (κ2) is 7.43. The van der Waals surface area contributed by atoms with Crippen LogP contribution >= 0.6 is 11.6 Å². The largest absolute Gasteiger partial charge is 0.396 e. The van der Waals surface area contributed by atoms with Gasteiger partial charge in [0, 0.05) is 25.7 Å². The van der Waals surface area contributed by atoms with Crippen LogP contribution in [0.25, 0.3) is 0 Å². The van der Waals surface area contributed by atoms with E-state index in [4.69, 9.17) is 11.6 Å². The monoisotopic (exact) mass is 299 g/mol. The number of aromatic nitrogens is 2. The van der Waals surface area contributed by atoms with Crippen LogP contribution in [0.1, 0.15) is 50.9 Å². The predicted molar refractivity (Wildman–Crippen MR) is 82.0 cm³/mol. The molecule has 0 aromatic carbocycles. The van der Waals surface area contributed by atoms with Gasteiger partial charge in [-0.15, -0.1) is 0 Å². The molecule has 0 radical (unpaired) electrons. The lowest BCUT2D eigenvalue weighted by Crippen LogP contribution is -2.40. The van der Waals surface area contributed by atoms with Gasteiger partial charge in [0.25, 0.3) is 0 Å². The lowest BCUT2D eigenvalue weighted by atomic mass is 9.99. The molecule has 1 aliphatic rings. The van der Waals surface area contributed by atoms with E-state index in [1.807, 2.05) is 4.68 Å². The van der Waals surface area contributed by atoms with E-state index in [0.717, 1.165) is 48.9 Å². The van der Waals surface area contributed by atoms with Crippen molar-refractivity contribution in [2.24, 2.45) is 0 Å². The minimum absolute atomic E-state index is 0.266. The SMILES string of the molecule is CCc1nn(CC)c(CN2CCCCC2CCO)c1Cl. The summed E-state index contributed by atoms with van der Waals surface area (Å²) < 4.78 is 2.03. The number of likely N-dealkylation sites (tertiary alicyclic amines) is 1. The maximum Gasteiger partial charge on any atom is 0.0863 e. The number of piperidine rings is 1. The Morgan fingerprint density at radius 2 is 2.15 bits per heavy atom. The second-order valence-corrected chi connectivity index (χ2v) is 5.89. The van der Waals surface area contributed by atoms with Crippen LogP contribution in [0.5, 0.6) is 0 Å². The number of aliphatic hydroxyl groups excluding tert-OH is 1. The standard InChI is InChI=1S/C15H26ClN3O/c1-3-13-15(16)14(19(4-2)17-13)11-18-9-6-5-7-12(18)8-10-20/h12,20H,3-11H2,1-2H3. The van der Waals surface area contributed by atoms with Crippen molar-refractivity contribution in [3.05, 3.63) is 16.4 Å². The van der Waals surface area contributed by atoms with Gasteiger partial charge in [0.15, 0.2) is 0 Å². The summed E-state index contributed by atoms with van der Waals surface area (Å²) in [6.45, 7) is 7.26. The quantitative estimate of drug-likeness (QED) is 0.878. The van der Waals surface area contributed by atoms with E-state index in [9.17, 15) is 5.11 Å². The van der Waals surface area contributed by atoms with E-state index >= 15 is 0 Å². The fourth-order valence-corrected chi connectivity index (χ4v) is 3.43. The Hall–Kier alpha value is -0.580. The molecule has 0 bridgehead atoms. The van der Waals surface area contributed by atoms with Crippen molar-refractivity contribution in [2.75, 3.05) is 13.2 Å². The van der Waals surface area contributed by atoms with E-state index in [1.165, 1.54) is 19.3 Å². The number of rotatable bonds is 6. The lowest BCUT2D eigenvalue weighted by Gasteiger charge is -2.35. The maximum atomic E-state index is 9.23. The van der Waals surface area contributed by atoms with Gasteiger partial charge in [-0.25, -0.2) is 0 Å². The first kappa shape index (κ1) is 15.8. The van der Waals surface area contributed by atoms with Gasteiger partial charge in [-0.05, 0) is 39.2 Å². The summed E-state index contributed by atoms with van der Waals surface area (Å²) in [6, 6.07) is 0.482. The van der Waals surface area contributed by atoms with E-state index in [-0.39, 0.29) is 6.61 Å². The zero-order valence-electron chi connectivity index (χ0n) is 12.6. The normalized spacial score (nSPS) is 20.5. The van der Waals surface area contributed by atoms with Crippen LogP contribution in [0.4, 0.5) is 0 Å². The van der Waals surface area contributed by atoms with Crippen LogP contribution < -0.4 is 0 Å². The second-order valence-electron chi connectivity index (χ2n) is 5.51. The topological polar surface area (TPSA) is 41.3 Å². The molecule has 1 saturated heterocycles. The fourth-order valence-electron chi connectivity index (χ4n) is 3.10. The predicted octanol–water partition coefficient (Wildman–Crippen LogP) is 2.86. The van der Waals surface area contributed by atoms with Crippen molar-refractivity contribution >= 4 is 11.6 Å². The Bertz CT molecular complexity index is 431. The highest BCUT2D eigenvalue weighted by molar-refractivity contribution is 6.31. The van der Waals surface area contributed by atoms with Crippen molar-refractivity contribution in [1.29, 1.82) is 0 Å². The van der Waals surface area contributed by atoms with E-state index < -0.39 is 0 Å². The van der Waals surface area contributed by atoms with Crippen LogP contribution in [0.3, 0.4) is 0 Å². The fraction of sp³-hybridized carbons (Fsp3) is 0.800. The third kappa shape index (κ3) is 3.35. The summed E-state index contributed by atoms with van der Waals surface area (Å²) in [5.74, 6) is 0. The van der Waals surface area contributed by atoms with Gasteiger partial charge in [0.2, 0.25) is 0 Å². The highest BCUT2D eigenvalue weighted by atomic mass is 35.5. The molecule has 2 heterocycles. The number of aliphatic hydroxyl groups is 1. The Balaban J connectivity index is 2.17. The summed E-state index contributed by atoms with van der Waals surface area (Å²) >= 11 is 6.49. The smallest absolute Gasteiger partial charge is 0.0863 e. The Morgan fingerprint density at radius 1 is 1.35 bits per heavy atom. The summed E-state index contributed by atoms with van der Waals surface area (Å²) in [4.78, 5) is 2.47. The minimum atomic E-state index is 0.266. The van der Waals surface area contributed by atoms with E-state index in [1.54, 1.807) is 0 Å². The molecule has 0 aliphatic carbocycles. The van der Waals surface area contributed by atoms with Crippen molar-refractivity contribution in [1.82, 2.24) is 14.7 Å². The Morgan fingerprint density at radius 3 is 2.80 bits per heavy atom. The zero-order chi connectivity index (χ0) is 14.5. The third-order valence-corrected chi connectivity index (χ3v) is 4.69. The van der Waals surface area contributed by atoms with Gasteiger partial charge < -0.3 is 5.11 Å². The molecule has 0 spiro atoms. The first-order chi connectivity index (χ1) is 9.71. The van der Waals surface area contributed by atoms with Crippen molar-refractivity contribution < 1.29 is 5.11 Å². The van der Waals surface area contributed by atoms with Crippen molar-refractivity contribution in [3.63, 3.8) is 0 Å². The van der Waals surface area contributed by atoms with Gasteiger partial charge >= 0.3 is 0 Å². The number of nitrogens with zero attached hydrogens (tertiary/aromatic N) is 3. The molecule has 1 aromatic heterocycles. The van der Waals surface area contributed by atoms with Crippen LogP contribution in [0, 0.1) is 0 Å². The molecule has 5 heteroatoms. The molecule has 1 atom stereocenters. The molecule has 1 aliphatic heterocycles. The molecular weight excluding hydrogens is 274 g/mol. The number of aryl methyl sites for hydroxylation is 2. The average molecular weight is 300 g/mol. The first-order valence-corrected chi connectivity index (χ1v) is 8.18. The molecule has 1 N–H and O–H groups in total. The highest BCUT2D eigenvalue weighted by Crippen LogP contribution is 2.27. The zero-order valence-corrected chi connectivity index (χ0v) is 13.4. The van der Waals surface area contributed by atoms with Gasteiger partial charge in [-0.2, -0.15) is 5.10 Å². The molecule has 0 amide bonds. The molecule has 2 rings (SSSR count). The maximum absolute atomic E-state index is 9.23. The summed E-state index contributed by atoms with van der Waals surface area (Å²) in [5, 5.41) is 14.7. The number of hydrogen-bond acceptors (Lipinski definition) is 3. The van der Waals surface area contributed by atoms with Crippen LogP contribution in [-0.4, -0.2) is 39.0 Å². The Kier molecular flexibility index (Phi) is 5.87. The van der Waals surface area contributed by atoms with E-state index in [2.05, 4.69) is 23.8 Å². The number of hydrogen-bond donors (Lipinski definition) is 1. The van der Waals surface area contributed by atoms with Crippen LogP contribution in [0.15, 0.2) is 0 Å². The molecule has 1 fully saturated rings. The molecule has 1 aromatic rings. The van der Waals surface area contributed by atoms with Crippen LogP contribution in [0.2, 0.25) is 5.02 Å². The Labute approximate surface area is 126 Å². The minimum Gasteiger partial charge on any atom is -0.396 e. The van der Waals surface area contributed by atoms with E-state index in [0.29, 0.717) is 6.04 Å². The summed E-state index contributed by atoms with van der Waals surface area (Å²) in [7, 11) is 0. The molecule has 20 heavy (non-hydrogen) atoms. The highest BCUT2D eigenvalue weighted by Gasteiger charge is 2.25. The summed E-state index contributed by atoms with van der Waals surface area (Å²) in [5.41, 5.74) is 2.13. The third-order valence-electron chi connectivity index (χ3n) is 4.26. The summed E-state index contributed by atoms with van der Waals surface area (Å²) in [6.07, 6.45) is 5.42. The average Bonchev–Trinajstić information content (AvgIpc) is 2.77. The number of halogens is 1.